The van der Waals surface area contributed by atoms with E-state index in [-0.39, 0.29) is 0 Å². The van der Waals surface area contributed by atoms with E-state index in [1.165, 1.54) is 0 Å². The van der Waals surface area contributed by atoms with Gasteiger partial charge in [-0.2, -0.15) is 0 Å². The van der Waals surface area contributed by atoms with E-state index in [0.717, 1.165) is 22.3 Å². The van der Waals surface area contributed by atoms with Gasteiger partial charge in [0.05, 0.1) is 6.20 Å². The predicted molar refractivity (Wildman–Crippen MR) is 54.8 cm³/mol. The Kier molecular flexibility index (Phi) is 1.47. The largest absolute Gasteiger partial charge is 0.456 e. The maximum Gasteiger partial charge on any atom is 0.137 e. The summed E-state index contributed by atoms with van der Waals surface area (Å²) in [5.74, 6) is 0.854. The van der Waals surface area contributed by atoms with Crippen LogP contribution in [0.4, 0.5) is 0 Å². The molecule has 67 valence electrons. The first-order chi connectivity index (χ1) is 6.93. The summed E-state index contributed by atoms with van der Waals surface area (Å²) < 4.78 is 5.66. The third-order valence-corrected chi connectivity index (χ3v) is 2.23. The second kappa shape index (κ2) is 2.77. The van der Waals surface area contributed by atoms with E-state index in [0.29, 0.717) is 0 Å². The Balaban J connectivity index is 2.24. The summed E-state index contributed by atoms with van der Waals surface area (Å²) in [7, 11) is 0. The van der Waals surface area contributed by atoms with Crippen LogP contribution in [0.5, 0.6) is 0 Å². The Morgan fingerprint density at radius 2 is 2.07 bits per heavy atom. The molecule has 2 nitrogen and oxygen atoms in total. The minimum absolute atomic E-state index is 0.854. The second-order valence-corrected chi connectivity index (χ2v) is 3.16. The van der Waals surface area contributed by atoms with Crippen molar-refractivity contribution in [1.29, 1.82) is 0 Å². The highest BCUT2D eigenvalue weighted by molar-refractivity contribution is 5.82. The first kappa shape index (κ1) is 7.44. The van der Waals surface area contributed by atoms with Crippen LogP contribution >= 0.6 is 0 Å². The summed E-state index contributed by atoms with van der Waals surface area (Å²) in [5, 5.41) is 1.12. The monoisotopic (exact) mass is 182 g/mol. The van der Waals surface area contributed by atoms with Gasteiger partial charge in [-0.1, -0.05) is 18.2 Å². The van der Waals surface area contributed by atoms with Crippen LogP contribution in [-0.2, 0) is 0 Å². The number of fused-ring (bicyclic) bond motifs is 1. The Bertz CT molecular complexity index is 515. The van der Waals surface area contributed by atoms with E-state index in [4.69, 9.17) is 4.42 Å². The van der Waals surface area contributed by atoms with Gasteiger partial charge in [0.25, 0.3) is 0 Å². The van der Waals surface area contributed by atoms with Gasteiger partial charge in [0, 0.05) is 17.1 Å². The first-order valence-corrected chi connectivity index (χ1v) is 4.47. The van der Waals surface area contributed by atoms with Crippen LogP contribution < -0.4 is 0 Å². The maximum absolute atomic E-state index is 5.66. The van der Waals surface area contributed by atoms with E-state index < -0.39 is 0 Å². The fraction of sp³-hybridized carbons (Fsp3) is 0. The molecule has 0 fully saturated rings. The van der Waals surface area contributed by atoms with Crippen LogP contribution in [0.25, 0.3) is 22.3 Å². The number of aromatic amines is 1. The van der Waals surface area contributed by atoms with Crippen molar-refractivity contribution in [3.05, 3.63) is 48.8 Å². The molecule has 0 saturated heterocycles. The fourth-order valence-corrected chi connectivity index (χ4v) is 1.54. The van der Waals surface area contributed by atoms with Crippen molar-refractivity contribution in [2.75, 3.05) is 0 Å². The average Bonchev–Trinajstić information content (AvgIpc) is 2.86. The fourth-order valence-electron chi connectivity index (χ4n) is 1.54. The van der Waals surface area contributed by atoms with Crippen LogP contribution in [0, 0.1) is 6.20 Å². The quantitative estimate of drug-likeness (QED) is 0.615. The van der Waals surface area contributed by atoms with Gasteiger partial charge < -0.3 is 9.40 Å². The minimum atomic E-state index is 0.854. The second-order valence-electron chi connectivity index (χ2n) is 3.16. The van der Waals surface area contributed by atoms with Gasteiger partial charge in [-0.15, -0.1) is 0 Å². The van der Waals surface area contributed by atoms with E-state index in [2.05, 4.69) is 11.2 Å². The molecular weight excluding hydrogens is 174 g/mol. The molecule has 0 aliphatic rings. The minimum Gasteiger partial charge on any atom is -0.456 e. The molecule has 0 aliphatic heterocycles. The number of furan rings is 1. The smallest absolute Gasteiger partial charge is 0.137 e. The number of nitrogens with one attached hydrogen (secondary N) is 1. The number of benzene rings is 1. The molecule has 0 amide bonds. The molecule has 0 spiro atoms. The maximum atomic E-state index is 5.66. The van der Waals surface area contributed by atoms with Crippen LogP contribution in [-0.4, -0.2) is 4.98 Å². The van der Waals surface area contributed by atoms with Gasteiger partial charge >= 0.3 is 0 Å². The molecule has 3 rings (SSSR count). The van der Waals surface area contributed by atoms with Gasteiger partial charge in [0.1, 0.15) is 11.3 Å². The SMILES string of the molecule is [c]1[nH]ccc1-c1cc2ccccc2o1. The predicted octanol–water partition coefficient (Wildman–Crippen LogP) is 3.23. The highest BCUT2D eigenvalue weighted by Crippen LogP contribution is 2.26. The lowest BCUT2D eigenvalue weighted by Crippen LogP contribution is -1.63. The molecule has 0 saturated carbocycles. The lowest BCUT2D eigenvalue weighted by Gasteiger charge is -1.86. The average molecular weight is 182 g/mol. The van der Waals surface area contributed by atoms with Crippen molar-refractivity contribution < 1.29 is 4.42 Å². The lowest BCUT2D eigenvalue weighted by atomic mass is 10.2. The zero-order valence-electron chi connectivity index (χ0n) is 7.45. The Labute approximate surface area is 81.2 Å². The van der Waals surface area contributed by atoms with Crippen LogP contribution in [0.3, 0.4) is 0 Å². The zero-order valence-corrected chi connectivity index (χ0v) is 7.45. The normalized spacial score (nSPS) is 10.9. The highest BCUT2D eigenvalue weighted by Gasteiger charge is 2.05. The Morgan fingerprint density at radius 3 is 2.86 bits per heavy atom. The number of rotatable bonds is 1. The topological polar surface area (TPSA) is 28.9 Å². The molecule has 1 N–H and O–H groups in total. The summed E-state index contributed by atoms with van der Waals surface area (Å²) in [6.45, 7) is 0. The molecular formula is C12H8NO. The summed E-state index contributed by atoms with van der Waals surface area (Å²) in [6, 6.07) is 11.9. The van der Waals surface area contributed by atoms with Crippen molar-refractivity contribution in [2.24, 2.45) is 0 Å². The summed E-state index contributed by atoms with van der Waals surface area (Å²) in [5.41, 5.74) is 1.87. The van der Waals surface area contributed by atoms with E-state index >= 15 is 0 Å². The van der Waals surface area contributed by atoms with E-state index in [9.17, 15) is 0 Å². The number of para-hydroxylation sites is 1. The Hall–Kier alpha value is -1.96. The molecule has 0 unspecified atom stereocenters. The lowest BCUT2D eigenvalue weighted by molar-refractivity contribution is 0.631. The molecule has 2 heterocycles. The van der Waals surface area contributed by atoms with E-state index in [1.807, 2.05) is 42.6 Å². The molecule has 3 aromatic rings. The number of hydrogen-bond acceptors (Lipinski definition) is 1. The van der Waals surface area contributed by atoms with Crippen LogP contribution in [0.2, 0.25) is 0 Å². The third kappa shape index (κ3) is 1.04. The van der Waals surface area contributed by atoms with Crippen molar-refractivity contribution in [2.45, 2.75) is 0 Å². The zero-order chi connectivity index (χ0) is 9.38. The van der Waals surface area contributed by atoms with Crippen molar-refractivity contribution in [3.63, 3.8) is 0 Å². The summed E-state index contributed by atoms with van der Waals surface area (Å²) >= 11 is 0. The van der Waals surface area contributed by atoms with Crippen molar-refractivity contribution >= 4 is 11.0 Å². The molecule has 2 aromatic heterocycles. The number of hydrogen-bond donors (Lipinski definition) is 1. The molecule has 1 aromatic carbocycles. The molecule has 1 radical (unpaired) electrons. The summed E-state index contributed by atoms with van der Waals surface area (Å²) in [4.78, 5) is 2.89. The Morgan fingerprint density at radius 1 is 1.14 bits per heavy atom. The van der Waals surface area contributed by atoms with Gasteiger partial charge in [0.2, 0.25) is 0 Å². The van der Waals surface area contributed by atoms with E-state index in [1.54, 1.807) is 0 Å². The highest BCUT2D eigenvalue weighted by atomic mass is 16.3. The standard InChI is InChI=1S/C12H8NO/c1-2-4-11-9(3-1)7-12(14-11)10-5-6-13-8-10/h1-7,13H. The van der Waals surface area contributed by atoms with Crippen LogP contribution in [0.1, 0.15) is 0 Å². The molecule has 0 bridgehead atoms. The molecule has 0 atom stereocenters. The molecule has 14 heavy (non-hydrogen) atoms. The molecule has 2 heteroatoms. The van der Waals surface area contributed by atoms with Gasteiger partial charge in [-0.05, 0) is 18.2 Å². The van der Waals surface area contributed by atoms with Crippen molar-refractivity contribution in [1.82, 2.24) is 4.98 Å². The summed E-state index contributed by atoms with van der Waals surface area (Å²) in [6.07, 6.45) is 4.83. The molecule has 0 aliphatic carbocycles. The first-order valence-electron chi connectivity index (χ1n) is 4.47. The van der Waals surface area contributed by atoms with Gasteiger partial charge in [-0.25, -0.2) is 0 Å². The van der Waals surface area contributed by atoms with Gasteiger partial charge in [0.15, 0.2) is 0 Å². The number of aromatic nitrogens is 1. The van der Waals surface area contributed by atoms with Crippen LogP contribution in [0.15, 0.2) is 47.0 Å². The van der Waals surface area contributed by atoms with Crippen molar-refractivity contribution in [3.8, 4) is 11.3 Å². The third-order valence-electron chi connectivity index (χ3n) is 2.23. The number of H-pyrrole nitrogens is 1. The van der Waals surface area contributed by atoms with Gasteiger partial charge in [-0.3, -0.25) is 0 Å².